The minimum absolute atomic E-state index is 0.354. The second-order valence-electron chi connectivity index (χ2n) is 3.46. The van der Waals surface area contributed by atoms with Gasteiger partial charge in [0.1, 0.15) is 0 Å². The van der Waals surface area contributed by atoms with Gasteiger partial charge in [0.2, 0.25) is 0 Å². The molecule has 0 atom stereocenters. The summed E-state index contributed by atoms with van der Waals surface area (Å²) in [6, 6.07) is 6.93. The van der Waals surface area contributed by atoms with Crippen LogP contribution in [-0.4, -0.2) is 32.1 Å². The lowest BCUT2D eigenvalue weighted by atomic mass is 10.2. The van der Waals surface area contributed by atoms with Crippen LogP contribution in [0.1, 0.15) is 5.56 Å². The summed E-state index contributed by atoms with van der Waals surface area (Å²) in [5, 5.41) is 8.48. The molecule has 1 amide bonds. The Morgan fingerprint density at radius 2 is 2.00 bits per heavy atom. The van der Waals surface area contributed by atoms with E-state index in [1.807, 2.05) is 6.07 Å². The summed E-state index contributed by atoms with van der Waals surface area (Å²) < 4.78 is 10.3. The predicted molar refractivity (Wildman–Crippen MR) is 61.6 cm³/mol. The van der Waals surface area contributed by atoms with E-state index in [0.717, 1.165) is 5.56 Å². The molecule has 1 aromatic rings. The maximum Gasteiger partial charge on any atom is 0.325 e. The van der Waals surface area contributed by atoms with Crippen molar-refractivity contribution in [1.29, 1.82) is 5.26 Å². The number of benzene rings is 1. The Morgan fingerprint density at radius 3 is 2.53 bits per heavy atom. The molecule has 0 spiro atoms. The zero-order valence-electron chi connectivity index (χ0n) is 10.1. The second kappa shape index (κ2) is 5.75. The molecule has 0 aliphatic heterocycles. The first kappa shape index (κ1) is 12.8. The van der Waals surface area contributed by atoms with Crippen molar-refractivity contribution in [2.24, 2.45) is 0 Å². The van der Waals surface area contributed by atoms with Crippen LogP contribution < -0.4 is 9.47 Å². The molecule has 0 saturated heterocycles. The molecule has 0 heterocycles. The predicted octanol–water partition coefficient (Wildman–Crippen LogP) is 1.19. The molecule has 17 heavy (non-hydrogen) atoms. The summed E-state index contributed by atoms with van der Waals surface area (Å²) >= 11 is 0. The van der Waals surface area contributed by atoms with Crippen LogP contribution in [0.2, 0.25) is 0 Å². The van der Waals surface area contributed by atoms with Gasteiger partial charge in [-0.3, -0.25) is 4.79 Å². The molecule has 1 rings (SSSR count). The van der Waals surface area contributed by atoms with E-state index in [1.165, 1.54) is 4.90 Å². The van der Waals surface area contributed by atoms with Gasteiger partial charge in [0, 0.05) is 13.6 Å². The molecule has 0 aliphatic rings. The molecule has 1 aromatic carbocycles. The summed E-state index contributed by atoms with van der Waals surface area (Å²) in [7, 11) is 4.68. The summed E-state index contributed by atoms with van der Waals surface area (Å²) in [4.78, 5) is 12.4. The number of methoxy groups -OCH3 is 2. The number of carbonyl (C=O) groups is 1. The standard InChI is InChI=1S/C12H14N2O3/c1-14(12(15)7-13)8-9-4-5-10(16-2)11(6-9)17-3/h4-6H,8H2,1-3H3. The molecule has 0 unspecified atom stereocenters. The normalized spacial score (nSPS) is 9.29. The fraction of sp³-hybridized carbons (Fsp3) is 0.333. The fourth-order valence-corrected chi connectivity index (χ4v) is 1.41. The number of carbonyl (C=O) groups excluding carboxylic acids is 1. The van der Waals surface area contributed by atoms with Gasteiger partial charge in [-0.1, -0.05) is 6.07 Å². The van der Waals surface area contributed by atoms with E-state index in [9.17, 15) is 4.79 Å². The maximum absolute atomic E-state index is 11.1. The number of rotatable bonds is 4. The smallest absolute Gasteiger partial charge is 0.325 e. The highest BCUT2D eigenvalue weighted by Crippen LogP contribution is 2.27. The summed E-state index contributed by atoms with van der Waals surface area (Å²) in [5.41, 5.74) is 0.869. The van der Waals surface area contributed by atoms with Crippen molar-refractivity contribution in [3.05, 3.63) is 23.8 Å². The monoisotopic (exact) mass is 234 g/mol. The molecule has 0 bridgehead atoms. The van der Waals surface area contributed by atoms with Crippen LogP contribution in [-0.2, 0) is 11.3 Å². The number of hydrogen-bond acceptors (Lipinski definition) is 4. The van der Waals surface area contributed by atoms with Crippen LogP contribution in [0.4, 0.5) is 0 Å². The minimum atomic E-state index is -0.570. The summed E-state index contributed by atoms with van der Waals surface area (Å²) in [6.07, 6.45) is 0. The summed E-state index contributed by atoms with van der Waals surface area (Å²) in [6.45, 7) is 0.354. The molecule has 0 N–H and O–H groups in total. The van der Waals surface area contributed by atoms with Crippen LogP contribution in [0.5, 0.6) is 11.5 Å². The van der Waals surface area contributed by atoms with Gasteiger partial charge < -0.3 is 14.4 Å². The molecule has 0 aliphatic carbocycles. The van der Waals surface area contributed by atoms with Crippen molar-refractivity contribution in [3.63, 3.8) is 0 Å². The molecule has 0 radical (unpaired) electrons. The Kier molecular flexibility index (Phi) is 4.35. The van der Waals surface area contributed by atoms with Crippen LogP contribution in [0.25, 0.3) is 0 Å². The zero-order chi connectivity index (χ0) is 12.8. The van der Waals surface area contributed by atoms with Gasteiger partial charge in [0.25, 0.3) is 0 Å². The van der Waals surface area contributed by atoms with Crippen molar-refractivity contribution >= 4 is 5.91 Å². The van der Waals surface area contributed by atoms with Crippen LogP contribution >= 0.6 is 0 Å². The quantitative estimate of drug-likeness (QED) is 0.734. The second-order valence-corrected chi connectivity index (χ2v) is 3.46. The lowest BCUT2D eigenvalue weighted by Crippen LogP contribution is -2.24. The van der Waals surface area contributed by atoms with E-state index in [0.29, 0.717) is 18.0 Å². The molecular formula is C12H14N2O3. The fourth-order valence-electron chi connectivity index (χ4n) is 1.41. The van der Waals surface area contributed by atoms with Crippen molar-refractivity contribution in [2.45, 2.75) is 6.54 Å². The third kappa shape index (κ3) is 3.11. The van der Waals surface area contributed by atoms with E-state index < -0.39 is 5.91 Å². The van der Waals surface area contributed by atoms with Gasteiger partial charge in [0.05, 0.1) is 14.2 Å². The van der Waals surface area contributed by atoms with Gasteiger partial charge in [0.15, 0.2) is 17.6 Å². The van der Waals surface area contributed by atoms with E-state index in [-0.39, 0.29) is 0 Å². The van der Waals surface area contributed by atoms with Crippen molar-refractivity contribution in [3.8, 4) is 17.6 Å². The number of ether oxygens (including phenoxy) is 2. The molecule has 0 saturated carbocycles. The van der Waals surface area contributed by atoms with E-state index in [4.69, 9.17) is 14.7 Å². The van der Waals surface area contributed by atoms with Crippen LogP contribution in [0, 0.1) is 11.3 Å². The Morgan fingerprint density at radius 1 is 1.35 bits per heavy atom. The van der Waals surface area contributed by atoms with Gasteiger partial charge in [-0.25, -0.2) is 0 Å². The minimum Gasteiger partial charge on any atom is -0.493 e. The largest absolute Gasteiger partial charge is 0.493 e. The summed E-state index contributed by atoms with van der Waals surface area (Å²) in [5.74, 6) is 0.660. The van der Waals surface area contributed by atoms with Gasteiger partial charge >= 0.3 is 5.91 Å². The average molecular weight is 234 g/mol. The molecule has 5 nitrogen and oxygen atoms in total. The Labute approximate surface area is 100 Å². The number of amides is 1. The highest BCUT2D eigenvalue weighted by Gasteiger charge is 2.10. The highest BCUT2D eigenvalue weighted by atomic mass is 16.5. The maximum atomic E-state index is 11.1. The van der Waals surface area contributed by atoms with Gasteiger partial charge in [-0.2, -0.15) is 5.26 Å². The lowest BCUT2D eigenvalue weighted by Gasteiger charge is -2.14. The van der Waals surface area contributed by atoms with Gasteiger partial charge in [-0.05, 0) is 17.7 Å². The van der Waals surface area contributed by atoms with Gasteiger partial charge in [-0.15, -0.1) is 0 Å². The molecular weight excluding hydrogens is 220 g/mol. The number of hydrogen-bond donors (Lipinski definition) is 0. The Bertz CT molecular complexity index is 452. The third-order valence-corrected chi connectivity index (χ3v) is 2.31. The highest BCUT2D eigenvalue weighted by molar-refractivity contribution is 5.90. The molecule has 90 valence electrons. The van der Waals surface area contributed by atoms with Crippen molar-refractivity contribution < 1.29 is 14.3 Å². The number of nitriles is 1. The Hall–Kier alpha value is -2.22. The SMILES string of the molecule is COc1ccc(CN(C)C(=O)C#N)cc1OC. The molecule has 5 heteroatoms. The number of nitrogens with zero attached hydrogens (tertiary/aromatic N) is 2. The van der Waals surface area contributed by atoms with Crippen LogP contribution in [0.15, 0.2) is 18.2 Å². The Balaban J connectivity index is 2.87. The first-order valence-electron chi connectivity index (χ1n) is 4.98. The van der Waals surface area contributed by atoms with E-state index in [2.05, 4.69) is 0 Å². The van der Waals surface area contributed by atoms with E-state index in [1.54, 1.807) is 39.5 Å². The first-order chi connectivity index (χ1) is 8.12. The van der Waals surface area contributed by atoms with Crippen molar-refractivity contribution in [2.75, 3.05) is 21.3 Å². The molecule has 0 fully saturated rings. The van der Waals surface area contributed by atoms with Crippen molar-refractivity contribution in [1.82, 2.24) is 4.90 Å². The zero-order valence-corrected chi connectivity index (χ0v) is 10.1. The average Bonchev–Trinajstić information content (AvgIpc) is 2.37. The topological polar surface area (TPSA) is 62.6 Å². The lowest BCUT2D eigenvalue weighted by molar-refractivity contribution is -0.124. The van der Waals surface area contributed by atoms with Crippen LogP contribution in [0.3, 0.4) is 0 Å². The van der Waals surface area contributed by atoms with E-state index >= 15 is 0 Å². The first-order valence-corrected chi connectivity index (χ1v) is 4.98. The molecule has 0 aromatic heterocycles. The third-order valence-electron chi connectivity index (χ3n) is 2.31.